The van der Waals surface area contributed by atoms with Crippen LogP contribution in [-0.4, -0.2) is 29.8 Å². The largest absolute Gasteiger partial charge is 0.392 e. The molecule has 0 spiro atoms. The van der Waals surface area contributed by atoms with Gasteiger partial charge in [-0.3, -0.25) is 9.79 Å². The lowest BCUT2D eigenvalue weighted by Crippen LogP contribution is -2.30. The number of rotatable bonds is 4. The van der Waals surface area contributed by atoms with Crippen LogP contribution in [0.5, 0.6) is 0 Å². The van der Waals surface area contributed by atoms with Crippen molar-refractivity contribution in [3.8, 4) is 0 Å². The number of aliphatic imine (C=N–C) groups is 1. The lowest BCUT2D eigenvalue weighted by Gasteiger charge is -2.12. The monoisotopic (exact) mass is 380 g/mol. The van der Waals surface area contributed by atoms with Gasteiger partial charge in [0.15, 0.2) is 5.17 Å². The third kappa shape index (κ3) is 4.96. The molecule has 0 unspecified atom stereocenters. The summed E-state index contributed by atoms with van der Waals surface area (Å²) in [6.07, 6.45) is 1.40. The van der Waals surface area contributed by atoms with Crippen LogP contribution in [-0.2, 0) is 0 Å². The van der Waals surface area contributed by atoms with Crippen LogP contribution >= 0.6 is 11.8 Å². The first-order valence-corrected chi connectivity index (χ1v) is 8.25. The second-order valence-electron chi connectivity index (χ2n) is 4.94. The molecule has 0 aliphatic heterocycles. The molecule has 2 aromatic carbocycles. The van der Waals surface area contributed by atoms with Crippen LogP contribution in [0.3, 0.4) is 0 Å². The molecular weight excluding hydrogens is 365 g/mol. The second kappa shape index (κ2) is 9.21. The Morgan fingerprint density at radius 1 is 1.19 bits per heavy atom. The minimum atomic E-state index is -1.00. The lowest BCUT2D eigenvalue weighted by molar-refractivity contribution is 0.0969. The predicted octanol–water partition coefficient (Wildman–Crippen LogP) is 3.59. The lowest BCUT2D eigenvalue weighted by atomic mass is 10.2. The zero-order valence-corrected chi connectivity index (χ0v) is 14.5. The summed E-state index contributed by atoms with van der Waals surface area (Å²) < 4.78 is 40.9. The van der Waals surface area contributed by atoms with Gasteiger partial charge < -0.3 is 10.4 Å². The number of halogens is 3. The maximum absolute atomic E-state index is 13.7. The molecule has 8 heteroatoms. The van der Waals surface area contributed by atoms with E-state index < -0.39 is 28.9 Å². The van der Waals surface area contributed by atoms with Crippen molar-refractivity contribution in [2.24, 2.45) is 4.99 Å². The molecule has 4 nitrogen and oxygen atoms in total. The maximum atomic E-state index is 13.7. The molecule has 26 heavy (non-hydrogen) atoms. The van der Waals surface area contributed by atoms with Crippen molar-refractivity contribution in [3.63, 3.8) is 0 Å². The third-order valence-corrected chi connectivity index (χ3v) is 4.31. The molecule has 0 aliphatic rings. The van der Waals surface area contributed by atoms with Gasteiger partial charge in [0.05, 0.1) is 6.61 Å². The van der Waals surface area contributed by atoms with Crippen molar-refractivity contribution < 1.29 is 23.1 Å². The van der Waals surface area contributed by atoms with Gasteiger partial charge in [-0.1, -0.05) is 30.0 Å². The van der Waals surface area contributed by atoms with Gasteiger partial charge in [-0.2, -0.15) is 0 Å². The summed E-state index contributed by atoms with van der Waals surface area (Å²) in [6.45, 7) is -0.328. The average molecular weight is 380 g/mol. The number of carbonyl (C=O) groups is 1. The van der Waals surface area contributed by atoms with E-state index in [2.05, 4.69) is 10.3 Å². The van der Waals surface area contributed by atoms with E-state index in [4.69, 9.17) is 0 Å². The fourth-order valence-corrected chi connectivity index (χ4v) is 2.89. The molecule has 0 saturated heterocycles. The number of thioether (sulfide) groups is 1. The van der Waals surface area contributed by atoms with E-state index in [0.717, 1.165) is 30.0 Å². The normalized spacial score (nSPS) is 12.2. The highest BCUT2D eigenvalue weighted by Crippen LogP contribution is 2.28. The first kappa shape index (κ1) is 19.7. The number of benzene rings is 2. The molecular formula is C18H15F3N2O2S. The molecule has 1 amide bonds. The molecule has 0 aliphatic carbocycles. The summed E-state index contributed by atoms with van der Waals surface area (Å²) in [5, 5.41) is 11.5. The smallest absolute Gasteiger partial charge is 0.263 e. The topological polar surface area (TPSA) is 61.7 Å². The highest BCUT2D eigenvalue weighted by molar-refractivity contribution is 8.21. The van der Waals surface area contributed by atoms with Crippen molar-refractivity contribution in [1.82, 2.24) is 5.32 Å². The molecule has 2 N–H and O–H groups in total. The van der Waals surface area contributed by atoms with Crippen LogP contribution in [0.4, 0.5) is 13.2 Å². The van der Waals surface area contributed by atoms with Gasteiger partial charge in [-0.05, 0) is 35.9 Å². The number of aliphatic hydroxyl groups excluding tert-OH is 1. The molecule has 0 heterocycles. The Hall–Kier alpha value is -2.58. The van der Waals surface area contributed by atoms with Gasteiger partial charge in [0.1, 0.15) is 23.0 Å². The molecule has 0 bridgehead atoms. The third-order valence-electron chi connectivity index (χ3n) is 3.21. The molecule has 2 rings (SSSR count). The SMILES string of the molecule is CN=C(NC(=O)c1c(F)cccc1F)S/C(=C/CO)c1cccc(F)c1. The Morgan fingerprint density at radius 2 is 1.85 bits per heavy atom. The molecule has 2 aromatic rings. The summed E-state index contributed by atoms with van der Waals surface area (Å²) in [4.78, 5) is 16.5. The number of nitrogens with zero attached hydrogens (tertiary/aromatic N) is 1. The van der Waals surface area contributed by atoms with Gasteiger partial charge in [-0.15, -0.1) is 0 Å². The molecule has 0 fully saturated rings. The number of amides is 1. The highest BCUT2D eigenvalue weighted by atomic mass is 32.2. The Balaban J connectivity index is 2.23. The van der Waals surface area contributed by atoms with Crippen LogP contribution in [0.25, 0.3) is 4.91 Å². The van der Waals surface area contributed by atoms with Crippen LogP contribution in [0.15, 0.2) is 53.5 Å². The molecule has 0 atom stereocenters. The van der Waals surface area contributed by atoms with Crippen LogP contribution in [0, 0.1) is 17.5 Å². The minimum Gasteiger partial charge on any atom is -0.392 e. The summed E-state index contributed by atoms with van der Waals surface area (Å²) in [5.41, 5.74) is -0.274. The summed E-state index contributed by atoms with van der Waals surface area (Å²) in [5.74, 6) is -3.48. The number of amidine groups is 1. The zero-order valence-electron chi connectivity index (χ0n) is 13.7. The number of carbonyl (C=O) groups excluding carboxylic acids is 1. The predicted molar refractivity (Wildman–Crippen MR) is 96.2 cm³/mol. The van der Waals surface area contributed by atoms with Gasteiger partial charge in [0.25, 0.3) is 5.91 Å². The average Bonchev–Trinajstić information content (AvgIpc) is 2.60. The Morgan fingerprint density at radius 3 is 2.42 bits per heavy atom. The van der Waals surface area contributed by atoms with Crippen molar-refractivity contribution in [2.45, 2.75) is 0 Å². The maximum Gasteiger partial charge on any atom is 0.263 e. The Bertz CT molecular complexity index is 849. The van der Waals surface area contributed by atoms with E-state index in [9.17, 15) is 23.1 Å². The molecule has 136 valence electrons. The molecule has 0 aromatic heterocycles. The second-order valence-corrected chi connectivity index (χ2v) is 5.97. The summed E-state index contributed by atoms with van der Waals surface area (Å²) in [6, 6.07) is 8.71. The minimum absolute atomic E-state index is 0.0293. The van der Waals surface area contributed by atoms with E-state index in [1.165, 1.54) is 31.3 Å². The van der Waals surface area contributed by atoms with E-state index in [1.54, 1.807) is 6.07 Å². The number of hydrogen-bond acceptors (Lipinski definition) is 4. The van der Waals surface area contributed by atoms with E-state index in [1.807, 2.05) is 0 Å². The first-order valence-electron chi connectivity index (χ1n) is 7.43. The van der Waals surface area contributed by atoms with E-state index in [0.29, 0.717) is 10.5 Å². The zero-order chi connectivity index (χ0) is 19.1. The standard InChI is InChI=1S/C18H15F3N2O2S/c1-22-18(23-17(25)16-13(20)6-3-7-14(16)21)26-15(8-9-24)11-4-2-5-12(19)10-11/h2-8,10,24H,9H2,1H3,(H,22,23,25)/b15-8+. The van der Waals surface area contributed by atoms with Crippen LogP contribution in [0.2, 0.25) is 0 Å². The fourth-order valence-electron chi connectivity index (χ4n) is 2.05. The van der Waals surface area contributed by atoms with Crippen molar-refractivity contribution in [3.05, 3.63) is 77.1 Å². The first-order chi connectivity index (χ1) is 12.5. The number of hydrogen-bond donors (Lipinski definition) is 2. The van der Waals surface area contributed by atoms with Gasteiger partial charge in [0, 0.05) is 12.0 Å². The quantitative estimate of drug-likeness (QED) is 0.630. The molecule has 0 radical (unpaired) electrons. The fraction of sp³-hybridized carbons (Fsp3) is 0.111. The number of aliphatic hydroxyl groups is 1. The van der Waals surface area contributed by atoms with Gasteiger partial charge >= 0.3 is 0 Å². The van der Waals surface area contributed by atoms with E-state index >= 15 is 0 Å². The van der Waals surface area contributed by atoms with Crippen molar-refractivity contribution >= 4 is 27.7 Å². The van der Waals surface area contributed by atoms with E-state index in [-0.39, 0.29) is 11.8 Å². The van der Waals surface area contributed by atoms with Crippen LogP contribution in [0.1, 0.15) is 15.9 Å². The van der Waals surface area contributed by atoms with Crippen LogP contribution < -0.4 is 5.32 Å². The summed E-state index contributed by atoms with van der Waals surface area (Å²) in [7, 11) is 1.38. The van der Waals surface area contributed by atoms with Gasteiger partial charge in [-0.25, -0.2) is 13.2 Å². The van der Waals surface area contributed by atoms with Gasteiger partial charge in [0.2, 0.25) is 0 Å². The number of nitrogens with one attached hydrogen (secondary N) is 1. The summed E-state index contributed by atoms with van der Waals surface area (Å²) >= 11 is 0.919. The molecule has 0 saturated carbocycles. The van der Waals surface area contributed by atoms with Crippen molar-refractivity contribution in [2.75, 3.05) is 13.7 Å². The Labute approximate surface area is 152 Å². The van der Waals surface area contributed by atoms with Crippen molar-refractivity contribution in [1.29, 1.82) is 0 Å². The highest BCUT2D eigenvalue weighted by Gasteiger charge is 2.19. The Kier molecular flexibility index (Phi) is 6.99.